The highest BCUT2D eigenvalue weighted by atomic mass is 19.4. The number of para-hydroxylation sites is 1. The number of hydrogen-bond donors (Lipinski definition) is 1. The molecule has 0 fully saturated rings. The molecule has 0 bridgehead atoms. The smallest absolute Gasteiger partial charge is 0.418 e. The van der Waals surface area contributed by atoms with E-state index >= 15 is 0 Å². The van der Waals surface area contributed by atoms with Gasteiger partial charge in [0.15, 0.2) is 0 Å². The summed E-state index contributed by atoms with van der Waals surface area (Å²) in [5.74, 6) is -0.0888. The van der Waals surface area contributed by atoms with Crippen LogP contribution in [0.4, 0.5) is 18.9 Å². The Morgan fingerprint density at radius 3 is 2.39 bits per heavy atom. The molecule has 0 atom stereocenters. The zero-order valence-corrected chi connectivity index (χ0v) is 12.1. The number of amides is 1. The quantitative estimate of drug-likeness (QED) is 0.822. The molecule has 0 aliphatic carbocycles. The third-order valence-electron chi connectivity index (χ3n) is 2.97. The van der Waals surface area contributed by atoms with Gasteiger partial charge in [-0.15, -0.1) is 0 Å². The van der Waals surface area contributed by atoms with Crippen LogP contribution >= 0.6 is 0 Å². The van der Waals surface area contributed by atoms with Crippen molar-refractivity contribution in [3.05, 3.63) is 72.3 Å². The molecule has 6 heteroatoms. The van der Waals surface area contributed by atoms with Crippen LogP contribution in [-0.2, 0) is 6.18 Å². The SMILES string of the molecule is C=CCOc1ccc(C(=O)Nc2ccccc2C(F)(F)F)cc1. The summed E-state index contributed by atoms with van der Waals surface area (Å²) in [6.07, 6.45) is -2.96. The molecule has 2 aromatic rings. The number of carbonyl (C=O) groups excluding carboxylic acids is 1. The Hall–Kier alpha value is -2.76. The molecule has 0 spiro atoms. The van der Waals surface area contributed by atoms with Gasteiger partial charge in [-0.3, -0.25) is 4.79 Å². The van der Waals surface area contributed by atoms with Gasteiger partial charge in [0, 0.05) is 5.56 Å². The number of hydrogen-bond acceptors (Lipinski definition) is 2. The molecule has 2 rings (SSSR count). The third-order valence-corrected chi connectivity index (χ3v) is 2.97. The molecular formula is C17H14F3NO2. The van der Waals surface area contributed by atoms with Gasteiger partial charge in [0.2, 0.25) is 0 Å². The Bertz CT molecular complexity index is 694. The zero-order chi connectivity index (χ0) is 16.9. The number of halogens is 3. The predicted molar refractivity (Wildman–Crippen MR) is 81.5 cm³/mol. The molecule has 0 saturated heterocycles. The molecule has 0 aromatic heterocycles. The first kappa shape index (κ1) is 16.6. The van der Waals surface area contributed by atoms with Crippen molar-refractivity contribution in [1.82, 2.24) is 0 Å². The van der Waals surface area contributed by atoms with Crippen LogP contribution in [-0.4, -0.2) is 12.5 Å². The highest BCUT2D eigenvalue weighted by Crippen LogP contribution is 2.34. The van der Waals surface area contributed by atoms with E-state index in [4.69, 9.17) is 4.74 Å². The van der Waals surface area contributed by atoms with Crippen LogP contribution in [0.2, 0.25) is 0 Å². The van der Waals surface area contributed by atoms with Crippen molar-refractivity contribution >= 4 is 11.6 Å². The average Bonchev–Trinajstić information content (AvgIpc) is 2.53. The van der Waals surface area contributed by atoms with Crippen LogP contribution in [0, 0.1) is 0 Å². The standard InChI is InChI=1S/C17H14F3NO2/c1-2-11-23-13-9-7-12(8-10-13)16(22)21-15-6-4-3-5-14(15)17(18,19)20/h2-10H,1,11H2,(H,21,22). The minimum absolute atomic E-state index is 0.230. The number of ether oxygens (including phenoxy) is 1. The number of nitrogens with one attached hydrogen (secondary N) is 1. The summed E-state index contributed by atoms with van der Waals surface area (Å²) in [6.45, 7) is 3.84. The lowest BCUT2D eigenvalue weighted by Crippen LogP contribution is -2.16. The van der Waals surface area contributed by atoms with Crippen LogP contribution in [0.5, 0.6) is 5.75 Å². The van der Waals surface area contributed by atoms with Crippen molar-refractivity contribution in [2.45, 2.75) is 6.18 Å². The van der Waals surface area contributed by atoms with Crippen LogP contribution < -0.4 is 10.1 Å². The topological polar surface area (TPSA) is 38.3 Å². The van der Waals surface area contributed by atoms with E-state index < -0.39 is 17.6 Å². The van der Waals surface area contributed by atoms with E-state index in [1.165, 1.54) is 30.3 Å². The predicted octanol–water partition coefficient (Wildman–Crippen LogP) is 4.52. The summed E-state index contributed by atoms with van der Waals surface area (Å²) in [5.41, 5.74) is -0.941. The van der Waals surface area contributed by atoms with Gasteiger partial charge in [0.25, 0.3) is 5.91 Å². The first-order chi connectivity index (χ1) is 10.9. The molecule has 0 heterocycles. The van der Waals surface area contributed by atoms with E-state index in [2.05, 4.69) is 11.9 Å². The summed E-state index contributed by atoms with van der Waals surface area (Å²) in [7, 11) is 0. The molecule has 0 saturated carbocycles. The number of carbonyl (C=O) groups is 1. The fraction of sp³-hybridized carbons (Fsp3) is 0.118. The monoisotopic (exact) mass is 321 g/mol. The average molecular weight is 321 g/mol. The molecule has 120 valence electrons. The van der Waals surface area contributed by atoms with Gasteiger partial charge >= 0.3 is 6.18 Å². The van der Waals surface area contributed by atoms with Crippen LogP contribution in [0.3, 0.4) is 0 Å². The Morgan fingerprint density at radius 2 is 1.78 bits per heavy atom. The second kappa shape index (κ2) is 7.00. The summed E-state index contributed by atoms with van der Waals surface area (Å²) in [5, 5.41) is 2.28. The van der Waals surface area contributed by atoms with Gasteiger partial charge in [-0.05, 0) is 36.4 Å². The Morgan fingerprint density at radius 1 is 1.13 bits per heavy atom. The molecule has 0 radical (unpaired) electrons. The minimum atomic E-state index is -4.54. The molecule has 1 amide bonds. The van der Waals surface area contributed by atoms with Gasteiger partial charge in [-0.2, -0.15) is 13.2 Å². The van der Waals surface area contributed by atoms with Crippen molar-refractivity contribution in [1.29, 1.82) is 0 Å². The second-order valence-corrected chi connectivity index (χ2v) is 4.62. The summed E-state index contributed by atoms with van der Waals surface area (Å²) < 4.78 is 44.0. The highest BCUT2D eigenvalue weighted by molar-refractivity contribution is 6.04. The van der Waals surface area contributed by atoms with Gasteiger partial charge in [-0.1, -0.05) is 24.8 Å². The zero-order valence-electron chi connectivity index (χ0n) is 12.1. The van der Waals surface area contributed by atoms with Crippen LogP contribution in [0.15, 0.2) is 61.2 Å². The van der Waals surface area contributed by atoms with Gasteiger partial charge in [-0.25, -0.2) is 0 Å². The minimum Gasteiger partial charge on any atom is -0.490 e. The maximum atomic E-state index is 12.9. The van der Waals surface area contributed by atoms with Gasteiger partial charge in [0.05, 0.1) is 11.3 Å². The van der Waals surface area contributed by atoms with Gasteiger partial charge in [0.1, 0.15) is 12.4 Å². The fourth-order valence-electron chi connectivity index (χ4n) is 1.89. The second-order valence-electron chi connectivity index (χ2n) is 4.62. The van der Waals surface area contributed by atoms with Crippen molar-refractivity contribution in [3.8, 4) is 5.75 Å². The molecule has 23 heavy (non-hydrogen) atoms. The van der Waals surface area contributed by atoms with E-state index in [9.17, 15) is 18.0 Å². The largest absolute Gasteiger partial charge is 0.490 e. The van der Waals surface area contributed by atoms with Gasteiger partial charge < -0.3 is 10.1 Å². The molecule has 1 N–H and O–H groups in total. The van der Waals surface area contributed by atoms with Crippen molar-refractivity contribution in [3.63, 3.8) is 0 Å². The first-order valence-corrected chi connectivity index (χ1v) is 6.73. The third kappa shape index (κ3) is 4.35. The van der Waals surface area contributed by atoms with Crippen molar-refractivity contribution in [2.24, 2.45) is 0 Å². The summed E-state index contributed by atoms with van der Waals surface area (Å²) in [6, 6.07) is 10.9. The molecule has 0 unspecified atom stereocenters. The Kier molecular flexibility index (Phi) is 5.05. The van der Waals surface area contributed by atoms with Crippen molar-refractivity contribution < 1.29 is 22.7 Å². The number of alkyl halides is 3. The van der Waals surface area contributed by atoms with Crippen molar-refractivity contribution in [2.75, 3.05) is 11.9 Å². The highest BCUT2D eigenvalue weighted by Gasteiger charge is 2.33. The maximum Gasteiger partial charge on any atom is 0.418 e. The lowest BCUT2D eigenvalue weighted by molar-refractivity contribution is -0.136. The van der Waals surface area contributed by atoms with E-state index in [0.29, 0.717) is 12.4 Å². The molecule has 0 aliphatic heterocycles. The number of anilines is 1. The van der Waals surface area contributed by atoms with Crippen LogP contribution in [0.25, 0.3) is 0 Å². The number of rotatable bonds is 5. The summed E-state index contributed by atoms with van der Waals surface area (Å²) in [4.78, 5) is 12.1. The normalized spacial score (nSPS) is 10.9. The van der Waals surface area contributed by atoms with E-state index in [-0.39, 0.29) is 11.3 Å². The lowest BCUT2D eigenvalue weighted by atomic mass is 10.1. The van der Waals surface area contributed by atoms with E-state index in [1.54, 1.807) is 18.2 Å². The fourth-order valence-corrected chi connectivity index (χ4v) is 1.89. The maximum absolute atomic E-state index is 12.9. The molecule has 2 aromatic carbocycles. The lowest BCUT2D eigenvalue weighted by Gasteiger charge is -2.13. The molecular weight excluding hydrogens is 307 g/mol. The Labute approximate surface area is 131 Å². The molecule has 0 aliphatic rings. The Balaban J connectivity index is 2.15. The molecule has 3 nitrogen and oxygen atoms in total. The first-order valence-electron chi connectivity index (χ1n) is 6.73. The van der Waals surface area contributed by atoms with E-state index in [1.807, 2.05) is 0 Å². The summed E-state index contributed by atoms with van der Waals surface area (Å²) >= 11 is 0. The number of benzene rings is 2. The van der Waals surface area contributed by atoms with Crippen LogP contribution in [0.1, 0.15) is 15.9 Å². The van der Waals surface area contributed by atoms with E-state index in [0.717, 1.165) is 6.07 Å².